The molecule has 0 aliphatic rings. The van der Waals surface area contributed by atoms with Gasteiger partial charge in [0.1, 0.15) is 5.82 Å². The lowest BCUT2D eigenvalue weighted by Gasteiger charge is -2.13. The molecule has 1 amide bonds. The zero-order valence-corrected chi connectivity index (χ0v) is 16.6. The molecule has 0 unspecified atom stereocenters. The first-order chi connectivity index (χ1) is 14.1. The molecule has 0 saturated carbocycles. The van der Waals surface area contributed by atoms with Crippen LogP contribution in [0.15, 0.2) is 60.7 Å². The number of nitrogens with zero attached hydrogens (tertiary/aromatic N) is 1. The molecule has 4 rings (SSSR count). The van der Waals surface area contributed by atoms with Gasteiger partial charge >= 0.3 is 0 Å². The topological polar surface area (TPSA) is 76.2 Å². The molecule has 3 aromatic carbocycles. The molecular weight excluding hydrogens is 390 g/mol. The SMILES string of the molecule is COc1cc(C(=O)Nc2ccccc2-c2nc3ccccc3[nH]2)cc(Cl)c1OC. The summed E-state index contributed by atoms with van der Waals surface area (Å²) in [4.78, 5) is 20.8. The van der Waals surface area contributed by atoms with Gasteiger partial charge in [0, 0.05) is 11.1 Å². The van der Waals surface area contributed by atoms with E-state index in [0.29, 0.717) is 33.6 Å². The molecule has 0 aliphatic carbocycles. The molecule has 0 bridgehead atoms. The summed E-state index contributed by atoms with van der Waals surface area (Å²) >= 11 is 6.23. The Morgan fingerprint density at radius 2 is 1.79 bits per heavy atom. The van der Waals surface area contributed by atoms with Crippen molar-refractivity contribution in [1.82, 2.24) is 9.97 Å². The molecule has 6 nitrogen and oxygen atoms in total. The number of H-pyrrole nitrogens is 1. The fourth-order valence-corrected chi connectivity index (χ4v) is 3.41. The van der Waals surface area contributed by atoms with Crippen LogP contribution in [-0.4, -0.2) is 30.1 Å². The van der Waals surface area contributed by atoms with Gasteiger partial charge in [-0.1, -0.05) is 35.9 Å². The molecule has 0 aliphatic heterocycles. The Morgan fingerprint density at radius 3 is 2.55 bits per heavy atom. The van der Waals surface area contributed by atoms with Crippen molar-refractivity contribution in [3.8, 4) is 22.9 Å². The maximum absolute atomic E-state index is 12.9. The zero-order chi connectivity index (χ0) is 20.4. The predicted octanol–water partition coefficient (Wildman–Crippen LogP) is 5.15. The van der Waals surface area contributed by atoms with Gasteiger partial charge in [-0.05, 0) is 36.4 Å². The summed E-state index contributed by atoms with van der Waals surface area (Å²) in [6.07, 6.45) is 0. The number of aromatic nitrogens is 2. The number of ether oxygens (including phenoxy) is 2. The molecule has 4 aromatic rings. The van der Waals surface area contributed by atoms with E-state index in [9.17, 15) is 4.79 Å². The smallest absolute Gasteiger partial charge is 0.255 e. The molecule has 29 heavy (non-hydrogen) atoms. The number of para-hydroxylation sites is 3. The summed E-state index contributed by atoms with van der Waals surface area (Å²) in [5.41, 5.74) is 3.55. The lowest BCUT2D eigenvalue weighted by Crippen LogP contribution is -2.13. The van der Waals surface area contributed by atoms with Gasteiger partial charge in [-0.3, -0.25) is 4.79 Å². The van der Waals surface area contributed by atoms with Crippen LogP contribution in [-0.2, 0) is 0 Å². The van der Waals surface area contributed by atoms with Crippen molar-refractivity contribution in [1.29, 1.82) is 0 Å². The number of hydrogen-bond donors (Lipinski definition) is 2. The first-order valence-corrected chi connectivity index (χ1v) is 9.25. The van der Waals surface area contributed by atoms with Gasteiger partial charge in [-0.15, -0.1) is 0 Å². The largest absolute Gasteiger partial charge is 0.493 e. The van der Waals surface area contributed by atoms with Crippen LogP contribution in [0.2, 0.25) is 5.02 Å². The number of carbonyl (C=O) groups excluding carboxylic acids is 1. The lowest BCUT2D eigenvalue weighted by molar-refractivity contribution is 0.102. The highest BCUT2D eigenvalue weighted by atomic mass is 35.5. The Bertz CT molecular complexity index is 1170. The van der Waals surface area contributed by atoms with Crippen LogP contribution < -0.4 is 14.8 Å². The van der Waals surface area contributed by atoms with Crippen LogP contribution in [0.25, 0.3) is 22.4 Å². The van der Waals surface area contributed by atoms with E-state index in [-0.39, 0.29) is 5.91 Å². The summed E-state index contributed by atoms with van der Waals surface area (Å²) in [7, 11) is 2.99. The Kier molecular flexibility index (Phi) is 5.10. The van der Waals surface area contributed by atoms with Crippen LogP contribution in [0.3, 0.4) is 0 Å². The van der Waals surface area contributed by atoms with Gasteiger partial charge in [0.25, 0.3) is 5.91 Å². The lowest BCUT2D eigenvalue weighted by atomic mass is 10.1. The fraction of sp³-hybridized carbons (Fsp3) is 0.0909. The maximum atomic E-state index is 12.9. The Balaban J connectivity index is 1.69. The van der Waals surface area contributed by atoms with E-state index in [0.717, 1.165) is 16.6 Å². The van der Waals surface area contributed by atoms with E-state index in [1.807, 2.05) is 48.5 Å². The summed E-state index contributed by atoms with van der Waals surface area (Å²) < 4.78 is 10.5. The number of rotatable bonds is 5. The number of benzene rings is 3. The zero-order valence-electron chi connectivity index (χ0n) is 15.8. The van der Waals surface area contributed by atoms with Crippen LogP contribution >= 0.6 is 11.6 Å². The quantitative estimate of drug-likeness (QED) is 0.479. The standard InChI is InChI=1S/C22H18ClN3O3/c1-28-19-12-13(11-15(23)20(19)29-2)22(27)26-16-8-4-3-7-14(16)21-24-17-9-5-6-10-18(17)25-21/h3-12H,1-2H3,(H,24,25)(H,26,27). The van der Waals surface area contributed by atoms with Crippen LogP contribution in [0.4, 0.5) is 5.69 Å². The highest BCUT2D eigenvalue weighted by molar-refractivity contribution is 6.32. The third-order valence-electron chi connectivity index (χ3n) is 4.52. The second-order valence-corrected chi connectivity index (χ2v) is 6.70. The molecule has 0 spiro atoms. The summed E-state index contributed by atoms with van der Waals surface area (Å²) in [5.74, 6) is 1.12. The van der Waals surface area contributed by atoms with Gasteiger partial charge in [-0.2, -0.15) is 0 Å². The minimum absolute atomic E-state index is 0.294. The molecular formula is C22H18ClN3O3. The van der Waals surface area contributed by atoms with E-state index >= 15 is 0 Å². The summed E-state index contributed by atoms with van der Waals surface area (Å²) in [6, 6.07) is 18.4. The van der Waals surface area contributed by atoms with Crippen LogP contribution in [0.1, 0.15) is 10.4 Å². The number of aromatic amines is 1. The maximum Gasteiger partial charge on any atom is 0.255 e. The van der Waals surface area contributed by atoms with Crippen molar-refractivity contribution in [3.05, 3.63) is 71.2 Å². The number of methoxy groups -OCH3 is 2. The third kappa shape index (κ3) is 3.62. The van der Waals surface area contributed by atoms with E-state index in [1.165, 1.54) is 14.2 Å². The minimum atomic E-state index is -0.323. The molecule has 0 atom stereocenters. The van der Waals surface area contributed by atoms with Gasteiger partial charge in [-0.25, -0.2) is 4.98 Å². The molecule has 0 radical (unpaired) electrons. The first-order valence-electron chi connectivity index (χ1n) is 8.87. The molecule has 7 heteroatoms. The average Bonchev–Trinajstić information content (AvgIpc) is 3.17. The number of fused-ring (bicyclic) bond motifs is 1. The number of halogens is 1. The average molecular weight is 408 g/mol. The minimum Gasteiger partial charge on any atom is -0.493 e. The number of hydrogen-bond acceptors (Lipinski definition) is 4. The number of nitrogens with one attached hydrogen (secondary N) is 2. The number of anilines is 1. The highest BCUT2D eigenvalue weighted by Crippen LogP contribution is 2.36. The van der Waals surface area contributed by atoms with Crippen molar-refractivity contribution < 1.29 is 14.3 Å². The van der Waals surface area contributed by atoms with Crippen molar-refractivity contribution in [2.75, 3.05) is 19.5 Å². The van der Waals surface area contributed by atoms with E-state index in [2.05, 4.69) is 15.3 Å². The molecule has 1 aromatic heterocycles. The van der Waals surface area contributed by atoms with Crippen LogP contribution in [0.5, 0.6) is 11.5 Å². The molecule has 0 fully saturated rings. The first kappa shape index (κ1) is 18.8. The molecule has 1 heterocycles. The number of imidazole rings is 1. The van der Waals surface area contributed by atoms with E-state index in [1.54, 1.807) is 12.1 Å². The second-order valence-electron chi connectivity index (χ2n) is 6.30. The second kappa shape index (κ2) is 7.85. The monoisotopic (exact) mass is 407 g/mol. The Labute approximate surface area is 172 Å². The van der Waals surface area contributed by atoms with Crippen molar-refractivity contribution in [3.63, 3.8) is 0 Å². The Hall–Kier alpha value is -3.51. The van der Waals surface area contributed by atoms with E-state index < -0.39 is 0 Å². The highest BCUT2D eigenvalue weighted by Gasteiger charge is 2.17. The molecule has 146 valence electrons. The van der Waals surface area contributed by atoms with Gasteiger partial charge < -0.3 is 19.8 Å². The van der Waals surface area contributed by atoms with Gasteiger partial charge in [0.15, 0.2) is 11.5 Å². The number of amides is 1. The van der Waals surface area contributed by atoms with Gasteiger partial charge in [0.05, 0.1) is 36.0 Å². The fourth-order valence-electron chi connectivity index (χ4n) is 3.12. The summed E-state index contributed by atoms with van der Waals surface area (Å²) in [6.45, 7) is 0. The normalized spacial score (nSPS) is 10.7. The third-order valence-corrected chi connectivity index (χ3v) is 4.80. The Morgan fingerprint density at radius 1 is 1.03 bits per heavy atom. The predicted molar refractivity (Wildman–Crippen MR) is 114 cm³/mol. The van der Waals surface area contributed by atoms with Crippen molar-refractivity contribution in [2.45, 2.75) is 0 Å². The van der Waals surface area contributed by atoms with Gasteiger partial charge in [0.2, 0.25) is 0 Å². The molecule has 0 saturated heterocycles. The van der Waals surface area contributed by atoms with E-state index in [4.69, 9.17) is 21.1 Å². The van der Waals surface area contributed by atoms with Crippen LogP contribution in [0, 0.1) is 0 Å². The summed E-state index contributed by atoms with van der Waals surface area (Å²) in [5, 5.41) is 3.23. The van der Waals surface area contributed by atoms with Crippen molar-refractivity contribution >= 4 is 34.2 Å². The molecule has 2 N–H and O–H groups in total. The number of carbonyl (C=O) groups is 1. The van der Waals surface area contributed by atoms with Crippen molar-refractivity contribution in [2.24, 2.45) is 0 Å².